The van der Waals surface area contributed by atoms with Crippen molar-refractivity contribution in [1.29, 1.82) is 0 Å². The first-order chi connectivity index (χ1) is 14.4. The molecule has 2 aromatic rings. The minimum Gasteiger partial charge on any atom is -0.481 e. The number of rotatable bonds is 4. The van der Waals surface area contributed by atoms with E-state index in [1.807, 2.05) is 0 Å². The molecule has 1 aromatic carbocycles. The fraction of sp³-hybridized carbons (Fsp3) is 0.429. The van der Waals surface area contributed by atoms with Gasteiger partial charge in [0.2, 0.25) is 0 Å². The third-order valence-corrected chi connectivity index (χ3v) is 6.22. The molecule has 1 heterocycles. The second-order valence-corrected chi connectivity index (χ2v) is 7.95. The first-order valence-electron chi connectivity index (χ1n) is 9.93. The van der Waals surface area contributed by atoms with Crippen molar-refractivity contribution in [2.45, 2.75) is 38.6 Å². The van der Waals surface area contributed by atoms with Gasteiger partial charge in [-0.1, -0.05) is 0 Å². The lowest BCUT2D eigenvalue weighted by Crippen LogP contribution is -2.47. The normalized spacial score (nSPS) is 26.8. The number of aliphatic imine (C=N–C) groups is 2. The summed E-state index contributed by atoms with van der Waals surface area (Å²) < 4.78 is 27.8. The van der Waals surface area contributed by atoms with Gasteiger partial charge < -0.3 is 10.1 Å². The van der Waals surface area contributed by atoms with Gasteiger partial charge in [0.1, 0.15) is 17.5 Å². The first kappa shape index (κ1) is 20.2. The molecule has 2 atom stereocenters. The summed E-state index contributed by atoms with van der Waals surface area (Å²) in [5.74, 6) is -1.78. The highest BCUT2D eigenvalue weighted by atomic mass is 19.1. The van der Waals surface area contributed by atoms with Crippen LogP contribution in [0.25, 0.3) is 10.9 Å². The molecule has 158 valence electrons. The van der Waals surface area contributed by atoms with Gasteiger partial charge in [0.05, 0.1) is 17.5 Å². The largest absolute Gasteiger partial charge is 0.481 e. The van der Waals surface area contributed by atoms with Crippen molar-refractivity contribution in [3.05, 3.63) is 35.5 Å². The standard InChI is InChI=1S/C21H23F2N5O2/c1-10(26-18-12-5-3-11(4-6-12)17(18)21(29)30)27-20(28-24-2)15-9-25-19-14(15)7-13(22)8-16(19)23/h7-9,11-12,17-18,25H,2-6H2,1H3,(H,29,30)(H,26,27,28)/t11?,12?,17-,18-/m0/s1. The van der Waals surface area contributed by atoms with Crippen molar-refractivity contribution in [2.24, 2.45) is 32.8 Å². The molecule has 3 aliphatic carbocycles. The third-order valence-electron chi connectivity index (χ3n) is 6.22. The van der Waals surface area contributed by atoms with Crippen LogP contribution in [0, 0.1) is 29.4 Å². The second kappa shape index (κ2) is 7.97. The lowest BCUT2D eigenvalue weighted by molar-refractivity contribution is -0.148. The molecule has 3 N–H and O–H groups in total. The summed E-state index contributed by atoms with van der Waals surface area (Å²) in [5, 5.41) is 13.7. The molecule has 0 saturated heterocycles. The number of aromatic amines is 1. The van der Waals surface area contributed by atoms with Crippen LogP contribution in [0.3, 0.4) is 0 Å². The lowest BCUT2D eigenvalue weighted by Gasteiger charge is -2.44. The highest BCUT2D eigenvalue weighted by Gasteiger charge is 2.47. The van der Waals surface area contributed by atoms with Crippen molar-refractivity contribution >= 4 is 35.3 Å². The molecular formula is C21H23F2N5O2. The van der Waals surface area contributed by atoms with E-state index in [2.05, 4.69) is 32.2 Å². The predicted octanol–water partition coefficient (Wildman–Crippen LogP) is 3.71. The van der Waals surface area contributed by atoms with E-state index < -0.39 is 23.5 Å². The van der Waals surface area contributed by atoms with Gasteiger partial charge in [0.15, 0.2) is 5.84 Å². The molecule has 0 spiro atoms. The number of hydrogen-bond donors (Lipinski definition) is 3. The zero-order valence-electron chi connectivity index (χ0n) is 16.5. The smallest absolute Gasteiger partial charge is 0.308 e. The molecule has 9 heteroatoms. The number of halogens is 2. The highest BCUT2D eigenvalue weighted by Crippen LogP contribution is 2.46. The quantitative estimate of drug-likeness (QED) is 0.403. The number of hydrazone groups is 1. The number of carbonyl (C=O) groups is 1. The maximum atomic E-state index is 14.0. The molecule has 30 heavy (non-hydrogen) atoms. The van der Waals surface area contributed by atoms with E-state index in [1.54, 1.807) is 6.92 Å². The molecule has 0 amide bonds. The van der Waals surface area contributed by atoms with Gasteiger partial charge in [0.25, 0.3) is 0 Å². The first-order valence-corrected chi connectivity index (χ1v) is 9.93. The average Bonchev–Trinajstić information content (AvgIpc) is 3.12. The Morgan fingerprint density at radius 2 is 1.93 bits per heavy atom. The summed E-state index contributed by atoms with van der Waals surface area (Å²) in [4.78, 5) is 23.7. The summed E-state index contributed by atoms with van der Waals surface area (Å²) in [6.07, 6.45) is 5.30. The van der Waals surface area contributed by atoms with E-state index in [9.17, 15) is 18.7 Å². The molecule has 3 fully saturated rings. The number of carboxylic acid groups (broad SMARTS) is 1. The van der Waals surface area contributed by atoms with Gasteiger partial charge in [-0.3, -0.25) is 15.2 Å². The van der Waals surface area contributed by atoms with Crippen LogP contribution < -0.4 is 5.43 Å². The summed E-state index contributed by atoms with van der Waals surface area (Å²) in [5.41, 5.74) is 3.21. The van der Waals surface area contributed by atoms with E-state index in [4.69, 9.17) is 0 Å². The van der Waals surface area contributed by atoms with Crippen molar-refractivity contribution in [2.75, 3.05) is 0 Å². The summed E-state index contributed by atoms with van der Waals surface area (Å²) in [7, 11) is 0. The highest BCUT2D eigenvalue weighted by molar-refractivity contribution is 6.13. The number of benzene rings is 1. The maximum Gasteiger partial charge on any atom is 0.308 e. The Kier molecular flexibility index (Phi) is 5.36. The van der Waals surface area contributed by atoms with E-state index in [-0.39, 0.29) is 29.2 Å². The maximum absolute atomic E-state index is 14.0. The molecule has 0 radical (unpaired) electrons. The zero-order chi connectivity index (χ0) is 21.4. The summed E-state index contributed by atoms with van der Waals surface area (Å²) in [6.45, 7) is 5.08. The number of H-pyrrole nitrogens is 1. The number of amidine groups is 2. The Bertz CT molecular complexity index is 1050. The predicted molar refractivity (Wildman–Crippen MR) is 111 cm³/mol. The molecule has 1 aromatic heterocycles. The van der Waals surface area contributed by atoms with Crippen molar-refractivity contribution in [3.63, 3.8) is 0 Å². The Balaban J connectivity index is 1.72. The lowest BCUT2D eigenvalue weighted by atomic mass is 9.62. The molecule has 3 saturated carbocycles. The minimum atomic E-state index is -0.816. The van der Waals surface area contributed by atoms with Crippen molar-refractivity contribution in [1.82, 2.24) is 10.4 Å². The molecule has 5 rings (SSSR count). The van der Waals surface area contributed by atoms with Crippen molar-refractivity contribution < 1.29 is 18.7 Å². The van der Waals surface area contributed by atoms with Crippen LogP contribution >= 0.6 is 0 Å². The topological polar surface area (TPSA) is 102 Å². The average molecular weight is 415 g/mol. The van der Waals surface area contributed by atoms with Gasteiger partial charge in [-0.2, -0.15) is 5.10 Å². The van der Waals surface area contributed by atoms with Crippen LogP contribution in [0.5, 0.6) is 0 Å². The van der Waals surface area contributed by atoms with Crippen LogP contribution in [0.15, 0.2) is 33.4 Å². The summed E-state index contributed by atoms with van der Waals surface area (Å²) in [6, 6.07) is 1.68. The molecule has 3 aliphatic rings. The molecule has 2 bridgehead atoms. The van der Waals surface area contributed by atoms with Crippen LogP contribution in [-0.4, -0.2) is 40.5 Å². The van der Waals surface area contributed by atoms with Gasteiger partial charge in [-0.15, -0.1) is 0 Å². The Morgan fingerprint density at radius 3 is 2.60 bits per heavy atom. The van der Waals surface area contributed by atoms with E-state index in [0.717, 1.165) is 31.7 Å². The fourth-order valence-electron chi connectivity index (χ4n) is 4.93. The fourth-order valence-corrected chi connectivity index (χ4v) is 4.93. The van der Waals surface area contributed by atoms with Gasteiger partial charge in [-0.05, 0) is 50.5 Å². The van der Waals surface area contributed by atoms with Gasteiger partial charge in [-0.25, -0.2) is 13.8 Å². The number of nitrogens with one attached hydrogen (secondary N) is 2. The zero-order valence-corrected chi connectivity index (χ0v) is 16.5. The Labute approximate surface area is 172 Å². The van der Waals surface area contributed by atoms with E-state index in [1.165, 1.54) is 12.3 Å². The van der Waals surface area contributed by atoms with Crippen LogP contribution in [0.1, 0.15) is 38.2 Å². The SMILES string of the molecule is C=NNC(=NC(C)=N[C@H]1C2CCC(CC2)[C@@H]1C(=O)O)c1c[nH]c2c(F)cc(F)cc12. The third kappa shape index (κ3) is 3.59. The van der Waals surface area contributed by atoms with Crippen LogP contribution in [-0.2, 0) is 4.79 Å². The Morgan fingerprint density at radius 1 is 1.23 bits per heavy atom. The number of carboxylic acids is 1. The monoisotopic (exact) mass is 415 g/mol. The molecule has 7 nitrogen and oxygen atoms in total. The molecule has 0 aliphatic heterocycles. The second-order valence-electron chi connectivity index (χ2n) is 7.95. The number of nitrogens with zero attached hydrogens (tertiary/aromatic N) is 3. The number of hydrogen-bond acceptors (Lipinski definition) is 3. The van der Waals surface area contributed by atoms with E-state index >= 15 is 0 Å². The summed E-state index contributed by atoms with van der Waals surface area (Å²) >= 11 is 0. The van der Waals surface area contributed by atoms with Crippen molar-refractivity contribution in [3.8, 4) is 0 Å². The molecular weight excluding hydrogens is 392 g/mol. The number of aromatic nitrogens is 1. The van der Waals surface area contributed by atoms with Crippen LogP contribution in [0.4, 0.5) is 8.78 Å². The Hall–Kier alpha value is -3.10. The minimum absolute atomic E-state index is 0.144. The van der Waals surface area contributed by atoms with E-state index in [0.29, 0.717) is 16.8 Å². The van der Waals surface area contributed by atoms with Gasteiger partial charge in [0, 0.05) is 29.9 Å². The molecule has 0 unspecified atom stereocenters. The number of aliphatic carboxylic acids is 1. The van der Waals surface area contributed by atoms with Crippen LogP contribution in [0.2, 0.25) is 0 Å². The number of fused-ring (bicyclic) bond motifs is 4. The van der Waals surface area contributed by atoms with Gasteiger partial charge >= 0.3 is 5.97 Å².